The van der Waals surface area contributed by atoms with Gasteiger partial charge in [-0.05, 0) is 54.0 Å². The lowest BCUT2D eigenvalue weighted by molar-refractivity contribution is 0.445. The molecule has 3 rings (SSSR count). The highest BCUT2D eigenvalue weighted by molar-refractivity contribution is 5.89. The van der Waals surface area contributed by atoms with Gasteiger partial charge in [-0.15, -0.1) is 0 Å². The highest BCUT2D eigenvalue weighted by Gasteiger charge is 2.17. The minimum Gasteiger partial charge on any atom is -0.0616 e. The summed E-state index contributed by atoms with van der Waals surface area (Å²) in [6.45, 7) is 4.05. The molecule has 0 unspecified atom stereocenters. The first-order valence-electron chi connectivity index (χ1n) is 7.20. The van der Waals surface area contributed by atoms with Gasteiger partial charge in [-0.3, -0.25) is 0 Å². The summed E-state index contributed by atoms with van der Waals surface area (Å²) in [6, 6.07) is 13.5. The molecule has 0 atom stereocenters. The molecule has 1 aliphatic carbocycles. The van der Waals surface area contributed by atoms with Gasteiger partial charge in [0.1, 0.15) is 0 Å². The highest BCUT2D eigenvalue weighted by atomic mass is 14.2. The number of benzene rings is 2. The largest absolute Gasteiger partial charge is 0.0616 e. The van der Waals surface area contributed by atoms with Crippen LogP contribution in [0.3, 0.4) is 0 Å². The summed E-state index contributed by atoms with van der Waals surface area (Å²) in [4.78, 5) is 0. The summed E-state index contributed by atoms with van der Waals surface area (Å²) in [5.41, 5.74) is 2.95. The molecule has 1 saturated carbocycles. The van der Waals surface area contributed by atoms with Crippen LogP contribution in [0.25, 0.3) is 10.8 Å². The van der Waals surface area contributed by atoms with Crippen molar-refractivity contribution in [2.45, 2.75) is 44.4 Å². The van der Waals surface area contributed by atoms with Gasteiger partial charge >= 0.3 is 0 Å². The average Bonchev–Trinajstić information content (AvgIpc) is 2.47. The second kappa shape index (κ2) is 5.14. The normalized spacial score (nSPS) is 17.2. The van der Waals surface area contributed by atoms with E-state index in [1.807, 2.05) is 0 Å². The first-order chi connectivity index (χ1) is 8.90. The summed E-state index contributed by atoms with van der Waals surface area (Å²) in [7, 11) is 0. The summed E-state index contributed by atoms with van der Waals surface area (Å²) >= 11 is 0. The molecular formula is C18H21. The van der Waals surface area contributed by atoms with Crippen molar-refractivity contribution in [3.63, 3.8) is 0 Å². The Morgan fingerprint density at radius 1 is 0.889 bits per heavy atom. The lowest BCUT2D eigenvalue weighted by Gasteiger charge is -2.24. The number of fused-ring (bicyclic) bond motifs is 1. The summed E-state index contributed by atoms with van der Waals surface area (Å²) in [5, 5.41) is 2.88. The lowest BCUT2D eigenvalue weighted by atomic mass is 9.81. The third kappa shape index (κ3) is 2.05. The van der Waals surface area contributed by atoms with E-state index in [0.29, 0.717) is 0 Å². The third-order valence-electron chi connectivity index (χ3n) is 4.36. The second-order valence-corrected chi connectivity index (χ2v) is 5.44. The Balaban J connectivity index is 2.12. The minimum atomic E-state index is 0.780. The number of hydrogen-bond donors (Lipinski definition) is 0. The SMILES string of the molecule is [CH2]Cc1ccc(C2CCCCC2)c2ccccc12. The highest BCUT2D eigenvalue weighted by Crippen LogP contribution is 2.37. The van der Waals surface area contributed by atoms with Gasteiger partial charge < -0.3 is 0 Å². The van der Waals surface area contributed by atoms with Crippen LogP contribution in [0, 0.1) is 6.92 Å². The molecule has 0 heteroatoms. The predicted octanol–water partition coefficient (Wildman–Crippen LogP) is 5.26. The first kappa shape index (κ1) is 11.8. The molecule has 0 aromatic heterocycles. The Morgan fingerprint density at radius 3 is 2.33 bits per heavy atom. The molecule has 1 radical (unpaired) electrons. The van der Waals surface area contributed by atoms with E-state index in [9.17, 15) is 0 Å². The molecule has 0 saturated heterocycles. The standard InChI is InChI=1S/C18H21/c1-2-14-12-13-17(15-8-4-3-5-9-15)18-11-7-6-10-16(14)18/h6-7,10-13,15H,1-5,8-9H2. The molecule has 0 nitrogen and oxygen atoms in total. The molecule has 2 aromatic carbocycles. The van der Waals surface area contributed by atoms with Gasteiger partial charge in [0.25, 0.3) is 0 Å². The molecule has 0 N–H and O–H groups in total. The van der Waals surface area contributed by atoms with E-state index in [2.05, 4.69) is 43.3 Å². The van der Waals surface area contributed by atoms with E-state index in [1.165, 1.54) is 48.4 Å². The fourth-order valence-electron chi connectivity index (χ4n) is 3.37. The summed E-state index contributed by atoms with van der Waals surface area (Å²) in [5.74, 6) is 0.780. The topological polar surface area (TPSA) is 0 Å². The van der Waals surface area contributed by atoms with Crippen molar-refractivity contribution >= 4 is 10.8 Å². The Hall–Kier alpha value is -1.30. The van der Waals surface area contributed by atoms with Crippen molar-refractivity contribution in [2.24, 2.45) is 0 Å². The summed E-state index contributed by atoms with van der Waals surface area (Å²) in [6.07, 6.45) is 7.84. The molecule has 1 fully saturated rings. The first-order valence-corrected chi connectivity index (χ1v) is 7.20. The molecule has 0 bridgehead atoms. The van der Waals surface area contributed by atoms with Gasteiger partial charge in [0.15, 0.2) is 0 Å². The maximum Gasteiger partial charge on any atom is -0.0146 e. The van der Waals surface area contributed by atoms with Crippen LogP contribution in [-0.2, 0) is 6.42 Å². The molecule has 1 aliphatic rings. The van der Waals surface area contributed by atoms with Crippen LogP contribution in [0.4, 0.5) is 0 Å². The molecule has 0 amide bonds. The maximum atomic E-state index is 4.05. The zero-order chi connectivity index (χ0) is 12.4. The lowest BCUT2D eigenvalue weighted by Crippen LogP contribution is -2.05. The zero-order valence-corrected chi connectivity index (χ0v) is 11.0. The van der Waals surface area contributed by atoms with Crippen molar-refractivity contribution in [3.05, 3.63) is 54.4 Å². The smallest absolute Gasteiger partial charge is 0.0146 e. The molecular weight excluding hydrogens is 216 g/mol. The van der Waals surface area contributed by atoms with Gasteiger partial charge in [-0.2, -0.15) is 0 Å². The fourth-order valence-corrected chi connectivity index (χ4v) is 3.37. The van der Waals surface area contributed by atoms with Crippen molar-refractivity contribution in [1.82, 2.24) is 0 Å². The van der Waals surface area contributed by atoms with Crippen LogP contribution in [0.1, 0.15) is 49.1 Å². The maximum absolute atomic E-state index is 4.05. The third-order valence-corrected chi connectivity index (χ3v) is 4.36. The minimum absolute atomic E-state index is 0.780. The zero-order valence-electron chi connectivity index (χ0n) is 11.0. The van der Waals surface area contributed by atoms with E-state index in [0.717, 1.165) is 12.3 Å². The molecule has 0 spiro atoms. The van der Waals surface area contributed by atoms with Gasteiger partial charge in [0.2, 0.25) is 0 Å². The molecule has 18 heavy (non-hydrogen) atoms. The van der Waals surface area contributed by atoms with Crippen molar-refractivity contribution in [3.8, 4) is 0 Å². The Kier molecular flexibility index (Phi) is 3.36. The fraction of sp³-hybridized carbons (Fsp3) is 0.389. The molecule has 93 valence electrons. The van der Waals surface area contributed by atoms with Gasteiger partial charge in [-0.1, -0.05) is 55.7 Å². The Morgan fingerprint density at radius 2 is 1.61 bits per heavy atom. The van der Waals surface area contributed by atoms with Crippen molar-refractivity contribution < 1.29 is 0 Å². The van der Waals surface area contributed by atoms with Crippen LogP contribution in [0.2, 0.25) is 0 Å². The quantitative estimate of drug-likeness (QED) is 0.668. The van der Waals surface area contributed by atoms with Crippen LogP contribution >= 0.6 is 0 Å². The van der Waals surface area contributed by atoms with E-state index < -0.39 is 0 Å². The average molecular weight is 237 g/mol. The van der Waals surface area contributed by atoms with Crippen LogP contribution in [0.15, 0.2) is 36.4 Å². The van der Waals surface area contributed by atoms with Crippen molar-refractivity contribution in [1.29, 1.82) is 0 Å². The Labute approximate surface area is 110 Å². The molecule has 0 aliphatic heterocycles. The molecule has 0 heterocycles. The van der Waals surface area contributed by atoms with Crippen LogP contribution in [-0.4, -0.2) is 0 Å². The Bertz CT molecular complexity index is 533. The molecule has 2 aromatic rings. The second-order valence-electron chi connectivity index (χ2n) is 5.44. The summed E-state index contributed by atoms with van der Waals surface area (Å²) < 4.78 is 0. The predicted molar refractivity (Wildman–Crippen MR) is 78.8 cm³/mol. The van der Waals surface area contributed by atoms with Crippen LogP contribution in [0.5, 0.6) is 0 Å². The van der Waals surface area contributed by atoms with Gasteiger partial charge in [-0.25, -0.2) is 0 Å². The van der Waals surface area contributed by atoms with E-state index in [1.54, 1.807) is 5.56 Å². The van der Waals surface area contributed by atoms with Crippen molar-refractivity contribution in [2.75, 3.05) is 0 Å². The number of rotatable bonds is 2. The van der Waals surface area contributed by atoms with E-state index >= 15 is 0 Å². The van der Waals surface area contributed by atoms with E-state index in [4.69, 9.17) is 0 Å². The van der Waals surface area contributed by atoms with Crippen LogP contribution < -0.4 is 0 Å². The van der Waals surface area contributed by atoms with Gasteiger partial charge in [0.05, 0.1) is 0 Å². The van der Waals surface area contributed by atoms with Gasteiger partial charge in [0, 0.05) is 0 Å². The monoisotopic (exact) mass is 237 g/mol. The van der Waals surface area contributed by atoms with E-state index in [-0.39, 0.29) is 0 Å². The number of hydrogen-bond acceptors (Lipinski definition) is 0.